The Morgan fingerprint density at radius 3 is 2.68 bits per heavy atom. The fourth-order valence-corrected chi connectivity index (χ4v) is 4.71. The smallest absolute Gasteiger partial charge is 0.269 e. The molecule has 1 unspecified atom stereocenters. The summed E-state index contributed by atoms with van der Waals surface area (Å²) in [7, 11) is 0. The maximum absolute atomic E-state index is 14.8. The van der Waals surface area contributed by atoms with Crippen molar-refractivity contribution in [3.8, 4) is 23.2 Å². The lowest BCUT2D eigenvalue weighted by Crippen LogP contribution is -2.46. The van der Waals surface area contributed by atoms with E-state index in [0.29, 0.717) is 30.2 Å². The maximum Gasteiger partial charge on any atom is 0.269 e. The van der Waals surface area contributed by atoms with E-state index in [0.717, 1.165) is 18.4 Å². The number of amides is 1. The number of primary amides is 1. The summed E-state index contributed by atoms with van der Waals surface area (Å²) in [5.74, 6) is 4.91. The molecule has 2 fully saturated rings. The minimum Gasteiger partial charge on any atom is -0.386 e. The summed E-state index contributed by atoms with van der Waals surface area (Å²) in [4.78, 5) is 16.8. The lowest BCUT2D eigenvalue weighted by Gasteiger charge is -2.38. The second-order valence-corrected chi connectivity index (χ2v) is 9.32. The van der Waals surface area contributed by atoms with Gasteiger partial charge in [0, 0.05) is 30.6 Å². The molecule has 2 aromatic rings. The van der Waals surface area contributed by atoms with Crippen molar-refractivity contribution < 1.29 is 19.4 Å². The van der Waals surface area contributed by atoms with Crippen molar-refractivity contribution in [3.63, 3.8) is 0 Å². The zero-order chi connectivity index (χ0) is 22.1. The number of aliphatic hydroxyl groups excluding tert-OH is 1. The second-order valence-electron chi connectivity index (χ2n) is 9.32. The van der Waals surface area contributed by atoms with Gasteiger partial charge in [-0.15, -0.1) is 0 Å². The van der Waals surface area contributed by atoms with E-state index in [9.17, 15) is 19.4 Å². The highest BCUT2D eigenvalue weighted by atomic mass is 19.1. The molecule has 6 rings (SSSR count). The van der Waals surface area contributed by atoms with E-state index in [1.165, 1.54) is 19.9 Å². The zero-order valence-corrected chi connectivity index (χ0v) is 17.4. The van der Waals surface area contributed by atoms with Crippen LogP contribution < -0.4 is 11.1 Å². The molecule has 4 heterocycles. The highest BCUT2D eigenvalue weighted by Gasteiger charge is 2.44. The normalized spacial score (nSPS) is 22.7. The molecule has 1 atom stereocenters. The summed E-state index contributed by atoms with van der Waals surface area (Å²) in [5, 5.41) is 24.1. The van der Waals surface area contributed by atoms with Crippen LogP contribution in [0.25, 0.3) is 11.4 Å². The molecule has 1 aromatic carbocycles. The predicted octanol–water partition coefficient (Wildman–Crippen LogP) is 1.60. The number of aliphatic hydroxyl groups is 2. The first-order chi connectivity index (χ1) is 14.6. The van der Waals surface area contributed by atoms with E-state index in [1.807, 2.05) is 4.57 Å². The predicted molar refractivity (Wildman–Crippen MR) is 112 cm³/mol. The number of rotatable bonds is 3. The van der Waals surface area contributed by atoms with Crippen molar-refractivity contribution in [2.75, 3.05) is 13.1 Å². The molecule has 0 radical (unpaired) electrons. The number of hydrogen-bond acceptors (Lipinski definition) is 5. The molecule has 4 aliphatic rings. The van der Waals surface area contributed by atoms with E-state index in [1.54, 1.807) is 6.07 Å². The van der Waals surface area contributed by atoms with Gasteiger partial charge in [-0.2, -0.15) is 0 Å². The second kappa shape index (κ2) is 6.89. The molecule has 8 heteroatoms. The number of nitrogens with zero attached hydrogens (tertiary/aromatic N) is 2. The molecule has 7 nitrogen and oxygen atoms in total. The van der Waals surface area contributed by atoms with Gasteiger partial charge in [0.1, 0.15) is 23.3 Å². The van der Waals surface area contributed by atoms with E-state index in [-0.39, 0.29) is 29.1 Å². The summed E-state index contributed by atoms with van der Waals surface area (Å²) < 4.78 is 16.8. The summed E-state index contributed by atoms with van der Waals surface area (Å²) in [5.41, 5.74) is 6.58. The van der Waals surface area contributed by atoms with E-state index < -0.39 is 23.4 Å². The van der Waals surface area contributed by atoms with Crippen LogP contribution in [0.15, 0.2) is 12.1 Å². The van der Waals surface area contributed by atoms with Gasteiger partial charge in [-0.25, -0.2) is 9.37 Å². The van der Waals surface area contributed by atoms with E-state index in [2.05, 4.69) is 22.1 Å². The van der Waals surface area contributed by atoms with Gasteiger partial charge in [-0.3, -0.25) is 4.79 Å². The van der Waals surface area contributed by atoms with Gasteiger partial charge < -0.3 is 25.8 Å². The lowest BCUT2D eigenvalue weighted by atomic mass is 9.75. The third-order valence-electron chi connectivity index (χ3n) is 6.52. The number of imidazole rings is 1. The van der Waals surface area contributed by atoms with Crippen molar-refractivity contribution in [1.29, 1.82) is 0 Å². The van der Waals surface area contributed by atoms with Crippen LogP contribution in [0.1, 0.15) is 72.1 Å². The highest BCUT2D eigenvalue weighted by Crippen LogP contribution is 2.54. The van der Waals surface area contributed by atoms with Gasteiger partial charge in [-0.05, 0) is 50.3 Å². The largest absolute Gasteiger partial charge is 0.386 e. The molecular weight excluding hydrogens is 399 g/mol. The summed E-state index contributed by atoms with van der Waals surface area (Å²) in [6, 6.07) is 3.19. The number of benzene rings is 1. The average Bonchev–Trinajstić information content (AvgIpc) is 2.87. The molecule has 1 saturated heterocycles. The van der Waals surface area contributed by atoms with Crippen LogP contribution in [-0.4, -0.2) is 44.4 Å². The summed E-state index contributed by atoms with van der Waals surface area (Å²) in [6.07, 6.45) is 0.705. The number of carbonyl (C=O) groups excluding carboxylic acids is 1. The van der Waals surface area contributed by atoms with Crippen LogP contribution in [0, 0.1) is 23.6 Å². The number of nitrogens with two attached hydrogens (primary N) is 1. The fraction of sp³-hybridized carbons (Fsp3) is 0.478. The Kier molecular flexibility index (Phi) is 4.49. The molecular formula is C23H25FN4O3. The Labute approximate surface area is 179 Å². The third-order valence-corrected chi connectivity index (χ3v) is 6.52. The van der Waals surface area contributed by atoms with E-state index >= 15 is 0 Å². The Morgan fingerprint density at radius 2 is 2.10 bits per heavy atom. The van der Waals surface area contributed by atoms with Gasteiger partial charge in [-0.1, -0.05) is 11.8 Å². The standard InChI is InChI=1S/C23H25FN4O3/c1-23(2,31)4-3-11-7-16-15(8-17(11)24)12-5-14(6-12)28-19(20(29)13-9-26-10-13)18(21(25)30)27-22(16)28/h7-8,12-14,20,26,29,31H,5-6,9-10H2,1-2H3,(H2,25,30). The molecule has 1 amide bonds. The van der Waals surface area contributed by atoms with Crippen LogP contribution in [0.3, 0.4) is 0 Å². The number of aromatic nitrogens is 2. The number of carbonyl (C=O) groups is 1. The van der Waals surface area contributed by atoms with Crippen LogP contribution in [0.4, 0.5) is 4.39 Å². The van der Waals surface area contributed by atoms with Crippen LogP contribution in [-0.2, 0) is 0 Å². The van der Waals surface area contributed by atoms with E-state index in [4.69, 9.17) is 5.73 Å². The van der Waals surface area contributed by atoms with Crippen molar-refractivity contribution in [2.24, 2.45) is 11.7 Å². The Bertz CT molecular complexity index is 1140. The Balaban J connectivity index is 1.72. The third kappa shape index (κ3) is 3.24. The topological polar surface area (TPSA) is 113 Å². The quantitative estimate of drug-likeness (QED) is 0.559. The van der Waals surface area contributed by atoms with Crippen LogP contribution >= 0.6 is 0 Å². The van der Waals surface area contributed by atoms with Gasteiger partial charge >= 0.3 is 0 Å². The Morgan fingerprint density at radius 1 is 1.39 bits per heavy atom. The zero-order valence-electron chi connectivity index (χ0n) is 17.4. The summed E-state index contributed by atoms with van der Waals surface area (Å²) in [6.45, 7) is 4.38. The van der Waals surface area contributed by atoms with Gasteiger partial charge in [0.2, 0.25) is 0 Å². The van der Waals surface area contributed by atoms with Crippen molar-refractivity contribution >= 4 is 5.91 Å². The van der Waals surface area contributed by atoms with Crippen LogP contribution in [0.2, 0.25) is 0 Å². The molecule has 5 N–H and O–H groups in total. The molecule has 2 bridgehead atoms. The number of halogens is 1. The monoisotopic (exact) mass is 424 g/mol. The first-order valence-electron chi connectivity index (χ1n) is 10.5. The average molecular weight is 424 g/mol. The minimum absolute atomic E-state index is 0.0149. The first-order valence-corrected chi connectivity index (χ1v) is 10.5. The lowest BCUT2D eigenvalue weighted by molar-refractivity contribution is 0.0644. The van der Waals surface area contributed by atoms with Gasteiger partial charge in [0.05, 0.1) is 11.3 Å². The number of nitrogens with one attached hydrogen (secondary N) is 1. The molecule has 1 aliphatic carbocycles. The Hall–Kier alpha value is -2.73. The van der Waals surface area contributed by atoms with Crippen molar-refractivity contribution in [1.82, 2.24) is 14.9 Å². The van der Waals surface area contributed by atoms with Gasteiger partial charge in [0.15, 0.2) is 5.69 Å². The first kappa shape index (κ1) is 20.2. The molecule has 31 heavy (non-hydrogen) atoms. The number of hydrogen-bond donors (Lipinski definition) is 4. The maximum atomic E-state index is 14.8. The van der Waals surface area contributed by atoms with Gasteiger partial charge in [0.25, 0.3) is 5.91 Å². The van der Waals surface area contributed by atoms with Crippen molar-refractivity contribution in [3.05, 3.63) is 40.5 Å². The molecule has 1 aromatic heterocycles. The molecule has 0 spiro atoms. The molecule has 162 valence electrons. The fourth-order valence-electron chi connectivity index (χ4n) is 4.71. The van der Waals surface area contributed by atoms with Crippen molar-refractivity contribution in [2.45, 2.75) is 50.4 Å². The van der Waals surface area contributed by atoms with Crippen LogP contribution in [0.5, 0.6) is 0 Å². The highest BCUT2D eigenvalue weighted by molar-refractivity contribution is 5.93. The molecule has 3 aliphatic heterocycles. The summed E-state index contributed by atoms with van der Waals surface area (Å²) >= 11 is 0. The molecule has 1 saturated carbocycles. The SMILES string of the molecule is CC(C)(O)C#Cc1cc2c(cc1F)C1CC(C1)n1c-2nc(C(N)=O)c1C(O)C1CNC1. The minimum atomic E-state index is -1.26.